The van der Waals surface area contributed by atoms with Crippen molar-refractivity contribution in [3.63, 3.8) is 0 Å². The maximum atomic E-state index is 5.93. The molecule has 2 rings (SSSR count). The average molecular weight is 280 g/mol. The Hall–Kier alpha value is -1.64. The third-order valence-electron chi connectivity index (χ3n) is 3.29. The number of hydrogen-bond donors (Lipinski definition) is 0. The minimum Gasteiger partial charge on any atom is -0.411 e. The molecule has 0 saturated carbocycles. The van der Waals surface area contributed by atoms with Crippen LogP contribution in [0.25, 0.3) is 10.8 Å². The number of fused-ring (bicyclic) bond motifs is 1. The number of rotatable bonds is 8. The lowest BCUT2D eigenvalue weighted by Gasteiger charge is -2.13. The highest BCUT2D eigenvalue weighted by molar-refractivity contribution is 6.51. The van der Waals surface area contributed by atoms with E-state index >= 15 is 0 Å². The molecule has 0 aliphatic heterocycles. The van der Waals surface area contributed by atoms with Crippen LogP contribution in [-0.2, 0) is 4.43 Å². The van der Waals surface area contributed by atoms with Crippen LogP contribution in [0.5, 0.6) is 0 Å². The van der Waals surface area contributed by atoms with Gasteiger partial charge in [-0.15, -0.1) is 13.2 Å². The minimum absolute atomic E-state index is 0.391. The van der Waals surface area contributed by atoms with E-state index in [-0.39, 0.29) is 0 Å². The van der Waals surface area contributed by atoms with Crippen LogP contribution in [0.15, 0.2) is 67.8 Å². The summed E-state index contributed by atoms with van der Waals surface area (Å²) in [7, 11) is 0.391. The molecule has 2 aromatic carbocycles. The molecule has 0 N–H and O–H groups in total. The largest absolute Gasteiger partial charge is 0.411 e. The minimum atomic E-state index is 0.391. The van der Waals surface area contributed by atoms with Crippen molar-refractivity contribution in [2.24, 2.45) is 5.92 Å². The summed E-state index contributed by atoms with van der Waals surface area (Å²) in [6.45, 7) is 8.37. The highest BCUT2D eigenvalue weighted by Gasteiger charge is 2.07. The quantitative estimate of drug-likeness (QED) is 0.527. The highest BCUT2D eigenvalue weighted by Crippen LogP contribution is 2.12. The molecule has 0 unspecified atom stereocenters. The monoisotopic (exact) mass is 280 g/mol. The van der Waals surface area contributed by atoms with Crippen LogP contribution in [0.4, 0.5) is 0 Å². The fourth-order valence-corrected chi connectivity index (χ4v) is 3.23. The van der Waals surface area contributed by atoms with Gasteiger partial charge in [0, 0.05) is 6.61 Å². The van der Waals surface area contributed by atoms with Gasteiger partial charge < -0.3 is 4.43 Å². The zero-order chi connectivity index (χ0) is 14.2. The van der Waals surface area contributed by atoms with Gasteiger partial charge in [-0.05, 0) is 34.7 Å². The van der Waals surface area contributed by atoms with E-state index in [1.807, 2.05) is 12.2 Å². The van der Waals surface area contributed by atoms with Gasteiger partial charge in [0.05, 0.1) is 0 Å². The molecule has 0 spiro atoms. The van der Waals surface area contributed by atoms with Crippen molar-refractivity contribution in [2.75, 3.05) is 6.61 Å². The van der Waals surface area contributed by atoms with Gasteiger partial charge in [0.2, 0.25) is 0 Å². The zero-order valence-corrected chi connectivity index (χ0v) is 12.7. The smallest absolute Gasteiger partial charge is 0.269 e. The molecule has 102 valence electrons. The van der Waals surface area contributed by atoms with E-state index in [9.17, 15) is 0 Å². The Morgan fingerprint density at radius 2 is 1.70 bits per heavy atom. The third-order valence-corrected chi connectivity index (χ3v) is 4.26. The molecule has 20 heavy (non-hydrogen) atoms. The summed E-state index contributed by atoms with van der Waals surface area (Å²) in [5, 5.41) is 3.84. The van der Waals surface area contributed by atoms with Gasteiger partial charge in [-0.1, -0.05) is 54.6 Å². The third kappa shape index (κ3) is 3.92. The van der Waals surface area contributed by atoms with Crippen molar-refractivity contribution in [3.8, 4) is 0 Å². The molecular formula is C18H20OSi. The fraction of sp³-hybridized carbons (Fsp3) is 0.222. The molecule has 0 aromatic heterocycles. The average Bonchev–Trinajstić information content (AvgIpc) is 2.48. The first-order chi connectivity index (χ1) is 9.85. The summed E-state index contributed by atoms with van der Waals surface area (Å²) in [5.41, 5.74) is 0. The Labute approximate surface area is 123 Å². The number of benzene rings is 2. The molecule has 2 aromatic rings. The summed E-state index contributed by atoms with van der Waals surface area (Å²) in [5.74, 6) is 0.493. The second-order valence-corrected chi connectivity index (χ2v) is 5.89. The first kappa shape index (κ1) is 14.8. The normalized spacial score (nSPS) is 10.8. The molecule has 0 atom stereocenters. The van der Waals surface area contributed by atoms with E-state index in [1.54, 1.807) is 0 Å². The standard InChI is InChI=1S/C18H20OSi/c1-3-8-15(9-4-2)14-19-20-18-13-7-11-16-10-5-6-12-17(16)18/h3-7,10-13,15H,1-2,8-9,14H2. The lowest BCUT2D eigenvalue weighted by Crippen LogP contribution is -2.21. The summed E-state index contributed by atoms with van der Waals surface area (Å²) in [4.78, 5) is 0. The Kier molecular flexibility index (Phi) is 5.78. The molecule has 0 heterocycles. The van der Waals surface area contributed by atoms with Crippen LogP contribution in [0, 0.1) is 5.92 Å². The lowest BCUT2D eigenvalue weighted by molar-refractivity contribution is 0.266. The molecule has 0 aliphatic rings. The Morgan fingerprint density at radius 1 is 1.00 bits per heavy atom. The summed E-state index contributed by atoms with van der Waals surface area (Å²) in [6, 6.07) is 14.8. The summed E-state index contributed by atoms with van der Waals surface area (Å²) >= 11 is 0. The van der Waals surface area contributed by atoms with E-state index in [0.717, 1.165) is 19.4 Å². The van der Waals surface area contributed by atoms with Crippen molar-refractivity contribution in [2.45, 2.75) is 12.8 Å². The van der Waals surface area contributed by atoms with E-state index in [2.05, 4.69) is 55.6 Å². The predicted octanol–water partition coefficient (Wildman–Crippen LogP) is 3.87. The molecule has 0 aliphatic carbocycles. The molecule has 0 saturated heterocycles. The highest BCUT2D eigenvalue weighted by atomic mass is 28.2. The summed E-state index contributed by atoms with van der Waals surface area (Å²) < 4.78 is 5.93. The van der Waals surface area contributed by atoms with E-state index < -0.39 is 0 Å². The number of hydrogen-bond acceptors (Lipinski definition) is 1. The Morgan fingerprint density at radius 3 is 2.45 bits per heavy atom. The van der Waals surface area contributed by atoms with E-state index in [0.29, 0.717) is 15.7 Å². The second-order valence-electron chi connectivity index (χ2n) is 4.85. The number of allylic oxidation sites excluding steroid dienone is 2. The van der Waals surface area contributed by atoms with Crippen LogP contribution in [0.1, 0.15) is 12.8 Å². The van der Waals surface area contributed by atoms with Gasteiger partial charge in [0.25, 0.3) is 9.76 Å². The van der Waals surface area contributed by atoms with Crippen LogP contribution in [0.2, 0.25) is 0 Å². The van der Waals surface area contributed by atoms with Crippen molar-refractivity contribution >= 4 is 25.7 Å². The van der Waals surface area contributed by atoms with Crippen LogP contribution in [-0.4, -0.2) is 16.4 Å². The molecule has 0 bridgehead atoms. The molecule has 2 radical (unpaired) electrons. The maximum absolute atomic E-state index is 5.93. The van der Waals surface area contributed by atoms with Crippen molar-refractivity contribution in [1.82, 2.24) is 0 Å². The maximum Gasteiger partial charge on any atom is 0.269 e. The van der Waals surface area contributed by atoms with Gasteiger partial charge in [-0.3, -0.25) is 0 Å². The van der Waals surface area contributed by atoms with Crippen molar-refractivity contribution in [3.05, 3.63) is 67.8 Å². The van der Waals surface area contributed by atoms with Crippen LogP contribution >= 0.6 is 0 Å². The van der Waals surface area contributed by atoms with Crippen molar-refractivity contribution in [1.29, 1.82) is 0 Å². The van der Waals surface area contributed by atoms with Gasteiger partial charge in [0.15, 0.2) is 0 Å². The molecule has 2 heteroatoms. The molecule has 0 amide bonds. The molecule has 1 nitrogen and oxygen atoms in total. The predicted molar refractivity (Wildman–Crippen MR) is 88.4 cm³/mol. The van der Waals surface area contributed by atoms with E-state index in [4.69, 9.17) is 4.43 Å². The molecule has 0 fully saturated rings. The second kappa shape index (κ2) is 7.83. The van der Waals surface area contributed by atoms with Crippen molar-refractivity contribution < 1.29 is 4.43 Å². The fourth-order valence-electron chi connectivity index (χ4n) is 2.26. The Bertz CT molecular complexity index is 561. The Balaban J connectivity index is 1.98. The van der Waals surface area contributed by atoms with Gasteiger partial charge >= 0.3 is 0 Å². The SMILES string of the molecule is C=CCC(CC=C)CO[Si]c1cccc2ccccc12. The van der Waals surface area contributed by atoms with Gasteiger partial charge in [-0.2, -0.15) is 0 Å². The topological polar surface area (TPSA) is 9.23 Å². The lowest BCUT2D eigenvalue weighted by atomic mass is 10.0. The van der Waals surface area contributed by atoms with E-state index in [1.165, 1.54) is 16.0 Å². The van der Waals surface area contributed by atoms with Gasteiger partial charge in [-0.25, -0.2) is 0 Å². The van der Waals surface area contributed by atoms with Crippen LogP contribution < -0.4 is 5.19 Å². The zero-order valence-electron chi connectivity index (χ0n) is 11.7. The summed E-state index contributed by atoms with van der Waals surface area (Å²) in [6.07, 6.45) is 5.87. The van der Waals surface area contributed by atoms with Gasteiger partial charge in [0.1, 0.15) is 0 Å². The first-order valence-electron chi connectivity index (χ1n) is 6.92. The van der Waals surface area contributed by atoms with Crippen LogP contribution in [0.3, 0.4) is 0 Å². The molecular weight excluding hydrogens is 260 g/mol. The first-order valence-corrected chi connectivity index (χ1v) is 7.83.